The summed E-state index contributed by atoms with van der Waals surface area (Å²) in [5.74, 6) is 1.45. The van der Waals surface area contributed by atoms with Gasteiger partial charge in [-0.3, -0.25) is 4.90 Å². The zero-order valence-corrected chi connectivity index (χ0v) is 18.0. The quantitative estimate of drug-likeness (QED) is 0.590. The van der Waals surface area contributed by atoms with Gasteiger partial charge in [0.15, 0.2) is 0 Å². The number of fused-ring (bicyclic) bond motifs is 3. The van der Waals surface area contributed by atoms with E-state index in [4.69, 9.17) is 19.4 Å². The predicted octanol–water partition coefficient (Wildman–Crippen LogP) is 0.457. The Balaban J connectivity index is 1.32. The van der Waals surface area contributed by atoms with Gasteiger partial charge in [-0.05, 0) is 38.1 Å². The normalized spacial score (nSPS) is 29.8. The molecule has 4 atom stereocenters. The number of hydrogen-bond donors (Lipinski definition) is 3. The molecule has 5 rings (SSSR count). The van der Waals surface area contributed by atoms with E-state index in [1.807, 2.05) is 0 Å². The van der Waals surface area contributed by atoms with Gasteiger partial charge in [-0.25, -0.2) is 4.79 Å². The van der Waals surface area contributed by atoms with Crippen molar-refractivity contribution in [2.75, 3.05) is 51.4 Å². The fourth-order valence-corrected chi connectivity index (χ4v) is 5.60. The van der Waals surface area contributed by atoms with Crippen molar-refractivity contribution in [2.24, 2.45) is 5.92 Å². The molecule has 0 unspecified atom stereocenters. The number of nitrogens with one attached hydrogen (secondary N) is 2. The van der Waals surface area contributed by atoms with E-state index in [9.17, 15) is 9.90 Å². The second kappa shape index (κ2) is 8.76. The van der Waals surface area contributed by atoms with Crippen LogP contribution in [0.15, 0.2) is 0 Å². The van der Waals surface area contributed by atoms with Crippen molar-refractivity contribution in [1.29, 1.82) is 0 Å². The highest BCUT2D eigenvalue weighted by Gasteiger charge is 2.43. The summed E-state index contributed by atoms with van der Waals surface area (Å²) in [6.07, 6.45) is 2.93. The van der Waals surface area contributed by atoms with Gasteiger partial charge in [0.05, 0.1) is 24.4 Å². The third-order valence-corrected chi connectivity index (χ3v) is 7.03. The third-order valence-electron chi connectivity index (χ3n) is 7.03. The molecule has 3 fully saturated rings. The van der Waals surface area contributed by atoms with Crippen molar-refractivity contribution in [2.45, 2.75) is 50.4 Å². The van der Waals surface area contributed by atoms with Gasteiger partial charge < -0.3 is 30.1 Å². The number of rotatable bonds is 6. The third kappa shape index (κ3) is 4.16. The van der Waals surface area contributed by atoms with Crippen molar-refractivity contribution in [3.63, 3.8) is 0 Å². The molecule has 0 spiro atoms. The lowest BCUT2D eigenvalue weighted by atomic mass is 10.1. The van der Waals surface area contributed by atoms with Crippen LogP contribution >= 0.6 is 0 Å². The van der Waals surface area contributed by atoms with E-state index in [0.717, 1.165) is 56.9 Å². The highest BCUT2D eigenvalue weighted by atomic mass is 16.5. The number of carbonyl (C=O) groups is 1. The number of piperazine rings is 1. The average Bonchev–Trinajstić information content (AvgIpc) is 3.33. The molecule has 1 aromatic heterocycles. The second-order valence-electron chi connectivity index (χ2n) is 9.13. The summed E-state index contributed by atoms with van der Waals surface area (Å²) in [6.45, 7) is 5.21. The van der Waals surface area contributed by atoms with Crippen LogP contribution in [0.1, 0.15) is 30.5 Å². The predicted molar refractivity (Wildman–Crippen MR) is 114 cm³/mol. The van der Waals surface area contributed by atoms with Crippen LogP contribution in [0.3, 0.4) is 0 Å². The van der Waals surface area contributed by atoms with Crippen molar-refractivity contribution in [3.8, 4) is 6.01 Å². The molecule has 170 valence electrons. The van der Waals surface area contributed by atoms with E-state index in [0.29, 0.717) is 38.2 Å². The Labute approximate surface area is 182 Å². The summed E-state index contributed by atoms with van der Waals surface area (Å²) in [5.41, 5.74) is 2.17. The number of ether oxygens (including phenoxy) is 2. The molecule has 3 N–H and O–H groups in total. The van der Waals surface area contributed by atoms with Crippen LogP contribution < -0.4 is 20.3 Å². The van der Waals surface area contributed by atoms with Gasteiger partial charge in [0.25, 0.3) is 0 Å². The number of methoxy groups -OCH3 is 1. The lowest BCUT2D eigenvalue weighted by Gasteiger charge is -2.41. The Hall–Kier alpha value is -2.17. The summed E-state index contributed by atoms with van der Waals surface area (Å²) in [7, 11) is 1.74. The molecule has 1 amide bonds. The number of aromatic nitrogens is 2. The van der Waals surface area contributed by atoms with Gasteiger partial charge in [-0.1, -0.05) is 0 Å². The number of carboxylic acid groups (broad SMARTS) is 1. The molecule has 4 aliphatic heterocycles. The summed E-state index contributed by atoms with van der Waals surface area (Å²) in [6, 6.07) is 0.764. The van der Waals surface area contributed by atoms with Crippen LogP contribution in [-0.4, -0.2) is 90.7 Å². The molecular formula is C21H32N6O4. The van der Waals surface area contributed by atoms with Crippen LogP contribution in [0.5, 0.6) is 6.01 Å². The largest absolute Gasteiger partial charge is 0.465 e. The summed E-state index contributed by atoms with van der Waals surface area (Å²) < 4.78 is 11.3. The minimum absolute atomic E-state index is 0.0355. The van der Waals surface area contributed by atoms with Crippen LogP contribution in [0.4, 0.5) is 10.6 Å². The van der Waals surface area contributed by atoms with Crippen LogP contribution in [-0.2, 0) is 17.7 Å². The number of anilines is 1. The minimum atomic E-state index is -0.805. The Morgan fingerprint density at radius 3 is 2.77 bits per heavy atom. The van der Waals surface area contributed by atoms with Gasteiger partial charge in [0, 0.05) is 44.9 Å². The summed E-state index contributed by atoms with van der Waals surface area (Å²) in [4.78, 5) is 25.1. The average molecular weight is 433 g/mol. The maximum absolute atomic E-state index is 11.7. The maximum Gasteiger partial charge on any atom is 0.407 e. The highest BCUT2D eigenvalue weighted by molar-refractivity contribution is 5.67. The molecule has 2 bridgehead atoms. The van der Waals surface area contributed by atoms with E-state index < -0.39 is 6.09 Å². The molecule has 5 heterocycles. The van der Waals surface area contributed by atoms with Gasteiger partial charge in [0.2, 0.25) is 0 Å². The lowest BCUT2D eigenvalue weighted by molar-refractivity contribution is 0.114. The molecule has 0 aliphatic carbocycles. The van der Waals surface area contributed by atoms with Crippen molar-refractivity contribution >= 4 is 11.9 Å². The van der Waals surface area contributed by atoms with Crippen molar-refractivity contribution < 1.29 is 19.4 Å². The van der Waals surface area contributed by atoms with Crippen LogP contribution in [0.2, 0.25) is 0 Å². The van der Waals surface area contributed by atoms with E-state index in [1.54, 1.807) is 12.0 Å². The summed E-state index contributed by atoms with van der Waals surface area (Å²) in [5, 5.41) is 16.5. The van der Waals surface area contributed by atoms with Crippen LogP contribution in [0.25, 0.3) is 0 Å². The van der Waals surface area contributed by atoms with E-state index in [2.05, 4.69) is 15.5 Å². The van der Waals surface area contributed by atoms with Crippen molar-refractivity contribution in [3.05, 3.63) is 11.3 Å². The smallest absolute Gasteiger partial charge is 0.407 e. The Bertz CT molecular complexity index is 809. The monoisotopic (exact) mass is 432 g/mol. The van der Waals surface area contributed by atoms with Gasteiger partial charge in [0.1, 0.15) is 12.4 Å². The van der Waals surface area contributed by atoms with Gasteiger partial charge in [-0.15, -0.1) is 0 Å². The SMILES string of the molecule is COC[C@H]1CN[C@H](COc2nc3c(c(N4C[C@H]5CC[C@@H](C4)N5C(=O)O)n2)CCNC3)C1. The molecule has 1 aromatic rings. The van der Waals surface area contributed by atoms with E-state index in [1.165, 1.54) is 5.56 Å². The summed E-state index contributed by atoms with van der Waals surface area (Å²) >= 11 is 0. The van der Waals surface area contributed by atoms with Crippen molar-refractivity contribution in [1.82, 2.24) is 25.5 Å². The zero-order chi connectivity index (χ0) is 21.4. The molecule has 0 saturated carbocycles. The molecular weight excluding hydrogens is 400 g/mol. The molecule has 31 heavy (non-hydrogen) atoms. The first-order chi connectivity index (χ1) is 15.1. The molecule has 4 aliphatic rings. The molecule has 0 radical (unpaired) electrons. The van der Waals surface area contributed by atoms with Gasteiger partial charge >= 0.3 is 12.1 Å². The Morgan fingerprint density at radius 1 is 1.23 bits per heavy atom. The lowest BCUT2D eigenvalue weighted by Crippen LogP contribution is -2.56. The van der Waals surface area contributed by atoms with E-state index in [-0.39, 0.29) is 18.1 Å². The molecule has 3 saturated heterocycles. The topological polar surface area (TPSA) is 112 Å². The van der Waals surface area contributed by atoms with Gasteiger partial charge in [-0.2, -0.15) is 9.97 Å². The highest BCUT2D eigenvalue weighted by Crippen LogP contribution is 2.35. The fourth-order valence-electron chi connectivity index (χ4n) is 5.60. The minimum Gasteiger partial charge on any atom is -0.465 e. The number of amides is 1. The second-order valence-corrected chi connectivity index (χ2v) is 9.13. The maximum atomic E-state index is 11.7. The molecule has 10 heteroatoms. The first-order valence-electron chi connectivity index (χ1n) is 11.3. The standard InChI is InChI=1S/C21H32N6O4/c1-30-11-13-6-14(23-7-13)12-31-20-24-18-8-22-5-4-17(18)19(25-20)26-9-15-2-3-16(10-26)27(15)21(28)29/h13-16,22-23H,2-12H2,1H3,(H,28,29)/t13-,14+,15-,16+/m1/s1. The first-order valence-corrected chi connectivity index (χ1v) is 11.3. The molecule has 0 aromatic carbocycles. The Kier molecular flexibility index (Phi) is 5.85. The first kappa shape index (κ1) is 20.7. The zero-order valence-electron chi connectivity index (χ0n) is 18.0. The molecule has 10 nitrogen and oxygen atoms in total. The van der Waals surface area contributed by atoms with E-state index >= 15 is 0 Å². The van der Waals surface area contributed by atoms with Crippen LogP contribution in [0, 0.1) is 5.92 Å². The fraction of sp³-hybridized carbons (Fsp3) is 0.762. The number of hydrogen-bond acceptors (Lipinski definition) is 8. The Morgan fingerprint density at radius 2 is 2.03 bits per heavy atom. The number of nitrogens with zero attached hydrogens (tertiary/aromatic N) is 4.